The van der Waals surface area contributed by atoms with Crippen LogP contribution in [0.1, 0.15) is 19.8 Å². The number of pyridine rings is 1. The minimum atomic E-state index is 0.750. The van der Waals surface area contributed by atoms with Crippen molar-refractivity contribution < 1.29 is 9.47 Å². The monoisotopic (exact) mass is 275 g/mol. The molecule has 3 rings (SSSR count). The number of fused-ring (bicyclic) bond motifs is 1. The lowest BCUT2D eigenvalue weighted by molar-refractivity contribution is 0.122. The molecule has 0 aliphatic carbocycles. The van der Waals surface area contributed by atoms with Crippen molar-refractivity contribution in [2.75, 3.05) is 37.8 Å². The highest BCUT2D eigenvalue weighted by molar-refractivity contribution is 5.66. The van der Waals surface area contributed by atoms with Gasteiger partial charge in [-0.1, -0.05) is 13.3 Å². The molecule has 2 aromatic rings. The third-order valence-corrected chi connectivity index (χ3v) is 3.60. The number of aromatic nitrogens is 2. The molecule has 5 nitrogen and oxygen atoms in total. The van der Waals surface area contributed by atoms with E-state index in [2.05, 4.69) is 29.1 Å². The lowest BCUT2D eigenvalue weighted by Crippen LogP contribution is -2.36. The Balaban J connectivity index is 1.82. The molecule has 1 fully saturated rings. The molecule has 0 saturated carbocycles. The van der Waals surface area contributed by atoms with E-state index in [0.717, 1.165) is 57.0 Å². The van der Waals surface area contributed by atoms with Gasteiger partial charge in [0, 0.05) is 25.0 Å². The summed E-state index contributed by atoms with van der Waals surface area (Å²) in [6.07, 6.45) is 6.00. The molecule has 0 N–H and O–H groups in total. The van der Waals surface area contributed by atoms with Crippen LogP contribution in [-0.2, 0) is 4.74 Å². The summed E-state index contributed by atoms with van der Waals surface area (Å²) in [5.74, 6) is 0.869. The molecule has 0 bridgehead atoms. The van der Waals surface area contributed by atoms with Crippen LogP contribution in [0.5, 0.6) is 5.75 Å². The smallest absolute Gasteiger partial charge is 0.165 e. The second kappa shape index (κ2) is 6.13. The molecule has 1 saturated heterocycles. The van der Waals surface area contributed by atoms with Crippen molar-refractivity contribution >= 4 is 11.2 Å². The lowest BCUT2D eigenvalue weighted by atomic mass is 10.3. The third kappa shape index (κ3) is 2.72. The van der Waals surface area contributed by atoms with Gasteiger partial charge in [-0.2, -0.15) is 5.10 Å². The van der Waals surface area contributed by atoms with Gasteiger partial charge in [-0.15, -0.1) is 0 Å². The minimum absolute atomic E-state index is 0.750. The summed E-state index contributed by atoms with van der Waals surface area (Å²) in [6.45, 7) is 6.39. The molecule has 0 atom stereocenters. The molecule has 2 aromatic heterocycles. The summed E-state index contributed by atoms with van der Waals surface area (Å²) in [5, 5.41) is 4.33. The van der Waals surface area contributed by atoms with Crippen molar-refractivity contribution in [3.63, 3.8) is 0 Å². The van der Waals surface area contributed by atoms with Crippen LogP contribution in [0, 0.1) is 0 Å². The van der Waals surface area contributed by atoms with Crippen LogP contribution in [0.3, 0.4) is 0 Å². The van der Waals surface area contributed by atoms with Crippen LogP contribution in [0.15, 0.2) is 24.5 Å². The number of unbranched alkanes of at least 4 members (excludes halogenated alkanes) is 1. The number of anilines is 1. The highest BCUT2D eigenvalue weighted by atomic mass is 16.5. The quantitative estimate of drug-likeness (QED) is 0.785. The largest absolute Gasteiger partial charge is 0.490 e. The number of rotatable bonds is 5. The van der Waals surface area contributed by atoms with Gasteiger partial charge in [-0.05, 0) is 18.6 Å². The Morgan fingerprint density at radius 1 is 1.35 bits per heavy atom. The van der Waals surface area contributed by atoms with E-state index < -0.39 is 0 Å². The Kier molecular flexibility index (Phi) is 4.06. The zero-order valence-corrected chi connectivity index (χ0v) is 11.9. The van der Waals surface area contributed by atoms with Crippen LogP contribution in [0.2, 0.25) is 0 Å². The fourth-order valence-corrected chi connectivity index (χ4v) is 2.40. The summed E-state index contributed by atoms with van der Waals surface area (Å²) < 4.78 is 13.1. The van der Waals surface area contributed by atoms with Gasteiger partial charge < -0.3 is 14.4 Å². The molecular weight excluding hydrogens is 254 g/mol. The second-order valence-corrected chi connectivity index (χ2v) is 5.03. The van der Waals surface area contributed by atoms with E-state index in [-0.39, 0.29) is 0 Å². The minimum Gasteiger partial charge on any atom is -0.490 e. The van der Waals surface area contributed by atoms with Gasteiger partial charge in [0.1, 0.15) is 5.52 Å². The molecule has 1 aliphatic rings. The lowest BCUT2D eigenvalue weighted by Gasteiger charge is -2.28. The first-order valence-electron chi connectivity index (χ1n) is 7.31. The third-order valence-electron chi connectivity index (χ3n) is 3.60. The molecule has 20 heavy (non-hydrogen) atoms. The first-order chi connectivity index (χ1) is 9.88. The van der Waals surface area contributed by atoms with Gasteiger partial charge in [-0.3, -0.25) is 0 Å². The summed E-state index contributed by atoms with van der Waals surface area (Å²) in [7, 11) is 0. The van der Waals surface area contributed by atoms with Crippen molar-refractivity contribution in [1.29, 1.82) is 0 Å². The average molecular weight is 275 g/mol. The Labute approximate surface area is 119 Å². The van der Waals surface area contributed by atoms with Crippen molar-refractivity contribution in [3.05, 3.63) is 24.5 Å². The predicted molar refractivity (Wildman–Crippen MR) is 78.6 cm³/mol. The van der Waals surface area contributed by atoms with E-state index in [1.165, 1.54) is 5.69 Å². The van der Waals surface area contributed by atoms with Crippen molar-refractivity contribution in [2.45, 2.75) is 19.8 Å². The molecule has 1 aliphatic heterocycles. The first kappa shape index (κ1) is 13.2. The van der Waals surface area contributed by atoms with E-state index in [4.69, 9.17) is 9.47 Å². The zero-order valence-electron chi connectivity index (χ0n) is 11.9. The van der Waals surface area contributed by atoms with Gasteiger partial charge in [0.25, 0.3) is 0 Å². The first-order valence-corrected chi connectivity index (χ1v) is 7.31. The predicted octanol–water partition coefficient (Wildman–Crippen LogP) is 2.35. The molecule has 3 heterocycles. The van der Waals surface area contributed by atoms with Crippen LogP contribution in [-0.4, -0.2) is 42.5 Å². The summed E-state index contributed by atoms with van der Waals surface area (Å²) >= 11 is 0. The molecule has 0 unspecified atom stereocenters. The number of hydrogen-bond donors (Lipinski definition) is 0. The number of morpholine rings is 1. The van der Waals surface area contributed by atoms with Crippen LogP contribution < -0.4 is 9.64 Å². The van der Waals surface area contributed by atoms with Crippen molar-refractivity contribution in [3.8, 4) is 5.75 Å². The Hall–Kier alpha value is -1.75. The normalized spacial score (nSPS) is 15.8. The van der Waals surface area contributed by atoms with Gasteiger partial charge in [0.2, 0.25) is 0 Å². The van der Waals surface area contributed by atoms with Gasteiger partial charge in [0.05, 0.1) is 26.0 Å². The van der Waals surface area contributed by atoms with E-state index in [1.807, 2.05) is 10.7 Å². The molecule has 5 heteroatoms. The van der Waals surface area contributed by atoms with Crippen LogP contribution >= 0.6 is 0 Å². The zero-order chi connectivity index (χ0) is 13.8. The highest BCUT2D eigenvalue weighted by Crippen LogP contribution is 2.25. The van der Waals surface area contributed by atoms with E-state index in [9.17, 15) is 0 Å². The average Bonchev–Trinajstić information content (AvgIpc) is 2.91. The fourth-order valence-electron chi connectivity index (χ4n) is 2.40. The van der Waals surface area contributed by atoms with Crippen molar-refractivity contribution in [2.24, 2.45) is 0 Å². The Bertz CT molecular complexity index is 561. The second-order valence-electron chi connectivity index (χ2n) is 5.03. The molecule has 0 amide bonds. The van der Waals surface area contributed by atoms with E-state index >= 15 is 0 Å². The summed E-state index contributed by atoms with van der Waals surface area (Å²) in [6, 6.07) is 4.25. The van der Waals surface area contributed by atoms with Gasteiger partial charge in [0.15, 0.2) is 5.75 Å². The van der Waals surface area contributed by atoms with Crippen LogP contribution in [0.25, 0.3) is 5.52 Å². The molecule has 0 radical (unpaired) electrons. The Morgan fingerprint density at radius 2 is 2.20 bits per heavy atom. The molecule has 0 aromatic carbocycles. The SMILES string of the molecule is CCCCOc1cnn2ccc(N3CCOCC3)cc12. The van der Waals surface area contributed by atoms with Gasteiger partial charge in [-0.25, -0.2) is 4.52 Å². The summed E-state index contributed by atoms with van der Waals surface area (Å²) in [4.78, 5) is 2.34. The van der Waals surface area contributed by atoms with Gasteiger partial charge >= 0.3 is 0 Å². The molecule has 0 spiro atoms. The number of ether oxygens (including phenoxy) is 2. The maximum Gasteiger partial charge on any atom is 0.165 e. The van der Waals surface area contributed by atoms with Crippen molar-refractivity contribution in [1.82, 2.24) is 9.61 Å². The maximum atomic E-state index is 5.82. The van der Waals surface area contributed by atoms with Crippen LogP contribution in [0.4, 0.5) is 5.69 Å². The Morgan fingerprint density at radius 3 is 3.00 bits per heavy atom. The van der Waals surface area contributed by atoms with E-state index in [1.54, 1.807) is 6.20 Å². The number of nitrogens with zero attached hydrogens (tertiary/aromatic N) is 3. The summed E-state index contributed by atoms with van der Waals surface area (Å²) in [5.41, 5.74) is 2.24. The number of hydrogen-bond acceptors (Lipinski definition) is 4. The molecule has 108 valence electrons. The highest BCUT2D eigenvalue weighted by Gasteiger charge is 2.13. The topological polar surface area (TPSA) is 39.0 Å². The fraction of sp³-hybridized carbons (Fsp3) is 0.533. The van der Waals surface area contributed by atoms with E-state index in [0.29, 0.717) is 0 Å². The standard InChI is InChI=1S/C15H21N3O2/c1-2-3-8-20-15-12-16-18-5-4-13(11-14(15)18)17-6-9-19-10-7-17/h4-5,11-12H,2-3,6-10H2,1H3. The molecular formula is C15H21N3O2. The maximum absolute atomic E-state index is 5.82.